The molecule has 0 spiro atoms. The number of rotatable bonds is 4. The van der Waals surface area contributed by atoms with Crippen LogP contribution in [0.15, 0.2) is 30.6 Å². The number of aromatic nitrogens is 3. The Morgan fingerprint density at radius 3 is 2.34 bits per heavy atom. The van der Waals surface area contributed by atoms with Crippen molar-refractivity contribution in [1.82, 2.24) is 15.2 Å². The van der Waals surface area contributed by atoms with E-state index in [1.807, 2.05) is 24.0 Å². The molecule has 152 valence electrons. The van der Waals surface area contributed by atoms with E-state index in [-0.39, 0.29) is 12.8 Å². The van der Waals surface area contributed by atoms with E-state index in [4.69, 9.17) is 9.47 Å². The number of benzene rings is 1. The number of nitrogens with zero attached hydrogens (tertiary/aromatic N) is 4. The summed E-state index contributed by atoms with van der Waals surface area (Å²) in [5.41, 5.74) is 3.35. The van der Waals surface area contributed by atoms with Gasteiger partial charge in [0.2, 0.25) is 0 Å². The normalized spacial score (nSPS) is 16.1. The van der Waals surface area contributed by atoms with Gasteiger partial charge in [-0.1, -0.05) is 0 Å². The average Bonchev–Trinajstić information content (AvgIpc) is 2.72. The molecule has 0 aliphatic carbocycles. The van der Waals surface area contributed by atoms with Crippen LogP contribution >= 0.6 is 0 Å². The van der Waals surface area contributed by atoms with Crippen molar-refractivity contribution >= 4 is 16.7 Å². The Bertz CT molecular complexity index is 1050. The van der Waals surface area contributed by atoms with Gasteiger partial charge in [0.1, 0.15) is 5.82 Å². The van der Waals surface area contributed by atoms with Gasteiger partial charge in [-0.2, -0.15) is 10.2 Å². The second kappa shape index (κ2) is 7.42. The number of aryl methyl sites for hydroxylation is 1. The van der Waals surface area contributed by atoms with Gasteiger partial charge in [-0.25, -0.2) is 13.8 Å². The number of anilines is 1. The summed E-state index contributed by atoms with van der Waals surface area (Å²) in [6.07, 6.45) is 3.15. The van der Waals surface area contributed by atoms with Crippen LogP contribution in [-0.2, 0) is 0 Å². The number of fused-ring (bicyclic) bond motifs is 1. The fraction of sp³-hybridized carbons (Fsp3) is 0.381. The highest BCUT2D eigenvalue weighted by Crippen LogP contribution is 2.37. The van der Waals surface area contributed by atoms with Crippen molar-refractivity contribution in [2.75, 3.05) is 32.2 Å². The summed E-state index contributed by atoms with van der Waals surface area (Å²) in [6, 6.07) is 5.66. The van der Waals surface area contributed by atoms with E-state index < -0.39 is 5.92 Å². The van der Waals surface area contributed by atoms with Crippen molar-refractivity contribution in [2.24, 2.45) is 0 Å². The number of pyridine rings is 1. The predicted molar refractivity (Wildman–Crippen MR) is 107 cm³/mol. The largest absolute Gasteiger partial charge is 0.493 e. The molecule has 0 amide bonds. The zero-order valence-corrected chi connectivity index (χ0v) is 16.6. The van der Waals surface area contributed by atoms with Crippen LogP contribution in [-0.4, -0.2) is 48.4 Å². The standard InChI is InChI=1S/C21H22F2N4O2/c1-13-8-14(11-24-20(13)27-6-4-21(22,23)5-7-27)16-12-25-26-17-10-19(29-3)18(28-2)9-15(16)17/h8-12H,4-7H2,1-3H3. The molecule has 3 heterocycles. The van der Waals surface area contributed by atoms with Crippen LogP contribution in [0.25, 0.3) is 22.0 Å². The molecule has 0 N–H and O–H groups in total. The number of methoxy groups -OCH3 is 2. The summed E-state index contributed by atoms with van der Waals surface area (Å²) < 4.78 is 37.7. The molecule has 0 unspecified atom stereocenters. The minimum absolute atomic E-state index is 0.142. The molecule has 1 aliphatic rings. The molecule has 4 rings (SSSR count). The molecule has 1 saturated heterocycles. The third kappa shape index (κ3) is 3.66. The smallest absolute Gasteiger partial charge is 0.251 e. The van der Waals surface area contributed by atoms with Crippen LogP contribution in [0.5, 0.6) is 11.5 Å². The van der Waals surface area contributed by atoms with Gasteiger partial charge in [-0.05, 0) is 24.6 Å². The molecule has 2 aromatic heterocycles. The first-order chi connectivity index (χ1) is 13.9. The summed E-state index contributed by atoms with van der Waals surface area (Å²) in [7, 11) is 3.16. The van der Waals surface area contributed by atoms with Crippen molar-refractivity contribution in [3.8, 4) is 22.6 Å². The molecular weight excluding hydrogens is 378 g/mol. The number of ether oxygens (including phenoxy) is 2. The van der Waals surface area contributed by atoms with Crippen LogP contribution < -0.4 is 14.4 Å². The quantitative estimate of drug-likeness (QED) is 0.652. The Balaban J connectivity index is 1.72. The van der Waals surface area contributed by atoms with E-state index in [0.717, 1.165) is 27.9 Å². The molecule has 29 heavy (non-hydrogen) atoms. The van der Waals surface area contributed by atoms with Crippen molar-refractivity contribution in [3.05, 3.63) is 36.2 Å². The molecule has 0 saturated carbocycles. The van der Waals surface area contributed by atoms with Crippen LogP contribution in [0.1, 0.15) is 18.4 Å². The predicted octanol–water partition coefficient (Wildman–Crippen LogP) is 4.25. The minimum Gasteiger partial charge on any atom is -0.493 e. The first-order valence-electron chi connectivity index (χ1n) is 9.39. The zero-order chi connectivity index (χ0) is 20.6. The maximum absolute atomic E-state index is 13.5. The van der Waals surface area contributed by atoms with E-state index in [2.05, 4.69) is 15.2 Å². The third-order valence-electron chi connectivity index (χ3n) is 5.30. The van der Waals surface area contributed by atoms with Crippen molar-refractivity contribution in [2.45, 2.75) is 25.7 Å². The molecule has 0 bridgehead atoms. The number of halogens is 2. The maximum Gasteiger partial charge on any atom is 0.251 e. The van der Waals surface area contributed by atoms with E-state index >= 15 is 0 Å². The highest BCUT2D eigenvalue weighted by molar-refractivity contribution is 5.95. The van der Waals surface area contributed by atoms with E-state index in [9.17, 15) is 8.78 Å². The Morgan fingerprint density at radius 2 is 1.69 bits per heavy atom. The van der Waals surface area contributed by atoms with Gasteiger partial charge in [0.25, 0.3) is 5.92 Å². The van der Waals surface area contributed by atoms with Gasteiger partial charge in [-0.15, -0.1) is 0 Å². The number of alkyl halides is 2. The maximum atomic E-state index is 13.5. The van der Waals surface area contributed by atoms with Gasteiger partial charge in [-0.3, -0.25) is 0 Å². The molecular formula is C21H22F2N4O2. The molecule has 6 nitrogen and oxygen atoms in total. The van der Waals surface area contributed by atoms with Crippen LogP contribution in [0, 0.1) is 6.92 Å². The molecule has 0 atom stereocenters. The zero-order valence-electron chi connectivity index (χ0n) is 16.6. The second-order valence-electron chi connectivity index (χ2n) is 7.19. The lowest BCUT2D eigenvalue weighted by Gasteiger charge is -2.33. The summed E-state index contributed by atoms with van der Waals surface area (Å²) in [5.74, 6) is -0.649. The summed E-state index contributed by atoms with van der Waals surface area (Å²) in [4.78, 5) is 6.51. The second-order valence-corrected chi connectivity index (χ2v) is 7.19. The van der Waals surface area contributed by atoms with Crippen LogP contribution in [0.4, 0.5) is 14.6 Å². The number of hydrogen-bond donors (Lipinski definition) is 0. The molecule has 1 aliphatic heterocycles. The van der Waals surface area contributed by atoms with E-state index in [1.54, 1.807) is 32.7 Å². The molecule has 0 radical (unpaired) electrons. The van der Waals surface area contributed by atoms with Crippen LogP contribution in [0.3, 0.4) is 0 Å². The molecule has 1 aromatic carbocycles. The lowest BCUT2D eigenvalue weighted by Crippen LogP contribution is -2.40. The molecule has 8 heteroatoms. The fourth-order valence-electron chi connectivity index (χ4n) is 3.71. The average molecular weight is 400 g/mol. The van der Waals surface area contributed by atoms with E-state index in [1.165, 1.54) is 0 Å². The summed E-state index contributed by atoms with van der Waals surface area (Å²) >= 11 is 0. The lowest BCUT2D eigenvalue weighted by molar-refractivity contribution is -0.0221. The first-order valence-corrected chi connectivity index (χ1v) is 9.39. The van der Waals surface area contributed by atoms with E-state index in [0.29, 0.717) is 30.1 Å². The number of piperidine rings is 1. The summed E-state index contributed by atoms with van der Waals surface area (Å²) in [5, 5.41) is 9.17. The molecule has 1 fully saturated rings. The van der Waals surface area contributed by atoms with Crippen LogP contribution in [0.2, 0.25) is 0 Å². The van der Waals surface area contributed by atoms with Gasteiger partial charge < -0.3 is 14.4 Å². The number of hydrogen-bond acceptors (Lipinski definition) is 6. The minimum atomic E-state index is -2.58. The Labute approximate surface area is 167 Å². The highest BCUT2D eigenvalue weighted by Gasteiger charge is 2.34. The fourth-order valence-corrected chi connectivity index (χ4v) is 3.71. The summed E-state index contributed by atoms with van der Waals surface area (Å²) in [6.45, 7) is 2.55. The Hall–Kier alpha value is -3.03. The van der Waals surface area contributed by atoms with Gasteiger partial charge in [0.15, 0.2) is 11.5 Å². The third-order valence-corrected chi connectivity index (χ3v) is 5.30. The molecule has 3 aromatic rings. The van der Waals surface area contributed by atoms with Gasteiger partial charge in [0.05, 0.1) is 25.9 Å². The topological polar surface area (TPSA) is 60.4 Å². The monoisotopic (exact) mass is 400 g/mol. The Kier molecular flexibility index (Phi) is 4.94. The highest BCUT2D eigenvalue weighted by atomic mass is 19.3. The van der Waals surface area contributed by atoms with Crippen molar-refractivity contribution < 1.29 is 18.3 Å². The lowest BCUT2D eigenvalue weighted by atomic mass is 10.0. The van der Waals surface area contributed by atoms with Gasteiger partial charge in [0, 0.05) is 54.7 Å². The van der Waals surface area contributed by atoms with Crippen molar-refractivity contribution in [1.29, 1.82) is 0 Å². The first kappa shape index (κ1) is 19.3. The van der Waals surface area contributed by atoms with Gasteiger partial charge >= 0.3 is 0 Å². The van der Waals surface area contributed by atoms with Crippen molar-refractivity contribution in [3.63, 3.8) is 0 Å². The Morgan fingerprint density at radius 1 is 1.00 bits per heavy atom. The SMILES string of the molecule is COc1cc2nncc(-c3cnc(N4CCC(F)(F)CC4)c(C)c3)c2cc1OC.